The minimum atomic E-state index is -1.39. The summed E-state index contributed by atoms with van der Waals surface area (Å²) >= 11 is 0. The van der Waals surface area contributed by atoms with Gasteiger partial charge in [-0.15, -0.1) is 0 Å². The number of aromatic nitrogens is 1. The van der Waals surface area contributed by atoms with E-state index in [0.717, 1.165) is 11.2 Å². The molecule has 0 bridgehead atoms. The van der Waals surface area contributed by atoms with Crippen molar-refractivity contribution in [1.82, 2.24) is 4.98 Å². The third-order valence-corrected chi connectivity index (χ3v) is 6.36. The number of pyridine rings is 1. The highest BCUT2D eigenvalue weighted by atomic mass is 28.3. The van der Waals surface area contributed by atoms with Gasteiger partial charge in [0.05, 0.1) is 19.3 Å². The highest BCUT2D eigenvalue weighted by Gasteiger charge is 2.28. The van der Waals surface area contributed by atoms with Gasteiger partial charge >= 0.3 is 0 Å². The summed E-state index contributed by atoms with van der Waals surface area (Å²) in [6.07, 6.45) is 2.39. The summed E-state index contributed by atoms with van der Waals surface area (Å²) in [6, 6.07) is 19.2. The molecule has 22 heavy (non-hydrogen) atoms. The van der Waals surface area contributed by atoms with Crippen LogP contribution in [0.4, 0.5) is 0 Å². The lowest BCUT2D eigenvalue weighted by Crippen LogP contribution is -2.21. The second-order valence-corrected chi connectivity index (χ2v) is 12.0. The quantitative estimate of drug-likeness (QED) is 0.559. The molecule has 0 fully saturated rings. The second kappa shape index (κ2) is 4.65. The van der Waals surface area contributed by atoms with Crippen LogP contribution in [-0.4, -0.2) is 13.1 Å². The Morgan fingerprint density at radius 2 is 1.64 bits per heavy atom. The average molecular weight is 301 g/mol. The lowest BCUT2D eigenvalue weighted by Gasteiger charge is -2.20. The van der Waals surface area contributed by atoms with Crippen LogP contribution in [0.5, 0.6) is 0 Å². The third kappa shape index (κ3) is 2.03. The average Bonchev–Trinajstić information content (AvgIpc) is 2.89. The Hall–Kier alpha value is -2.19. The Kier molecular flexibility index (Phi) is 2.85. The van der Waals surface area contributed by atoms with E-state index in [1.165, 1.54) is 22.1 Å². The van der Waals surface area contributed by atoms with Crippen LogP contribution in [0.25, 0.3) is 33.4 Å². The fourth-order valence-electron chi connectivity index (χ4n) is 3.26. The van der Waals surface area contributed by atoms with Crippen molar-refractivity contribution >= 4 is 30.2 Å². The van der Waals surface area contributed by atoms with E-state index in [1.807, 2.05) is 0 Å². The fourth-order valence-corrected chi connectivity index (χ4v) is 4.85. The summed E-state index contributed by atoms with van der Waals surface area (Å²) in [5.74, 6) is 0. The molecule has 0 spiro atoms. The van der Waals surface area contributed by atoms with Gasteiger partial charge in [0.1, 0.15) is 0 Å². The molecule has 0 aliphatic heterocycles. The Labute approximate surface area is 132 Å². The van der Waals surface area contributed by atoms with Crippen LogP contribution in [-0.2, 0) is 0 Å². The molecular weight excluding hydrogens is 282 g/mol. The van der Waals surface area contributed by atoms with Gasteiger partial charge in [0, 0.05) is 10.9 Å². The van der Waals surface area contributed by atoms with Crippen molar-refractivity contribution in [1.29, 1.82) is 0 Å². The maximum Gasteiger partial charge on any atom is 0.0784 e. The van der Waals surface area contributed by atoms with Gasteiger partial charge < -0.3 is 0 Å². The van der Waals surface area contributed by atoms with Gasteiger partial charge in [-0.2, -0.15) is 0 Å². The highest BCUT2D eigenvalue weighted by molar-refractivity contribution is 6.95. The topological polar surface area (TPSA) is 12.9 Å². The van der Waals surface area contributed by atoms with Gasteiger partial charge in [0.2, 0.25) is 0 Å². The molecule has 0 unspecified atom stereocenters. The predicted molar refractivity (Wildman–Crippen MR) is 98.4 cm³/mol. The molecule has 1 heterocycles. The highest BCUT2D eigenvalue weighted by Crippen LogP contribution is 2.41. The van der Waals surface area contributed by atoms with E-state index >= 15 is 0 Å². The molecule has 1 aromatic heterocycles. The molecule has 0 saturated heterocycles. The zero-order chi connectivity index (χ0) is 15.3. The van der Waals surface area contributed by atoms with Gasteiger partial charge in [0.15, 0.2) is 0 Å². The van der Waals surface area contributed by atoms with Gasteiger partial charge in [-0.05, 0) is 23.3 Å². The zero-order valence-corrected chi connectivity index (χ0v) is 14.2. The van der Waals surface area contributed by atoms with Crippen molar-refractivity contribution < 1.29 is 0 Å². The second-order valence-electron chi connectivity index (χ2n) is 6.97. The molecule has 0 atom stereocenters. The first kappa shape index (κ1) is 13.5. The van der Waals surface area contributed by atoms with Crippen molar-refractivity contribution in [3.8, 4) is 11.3 Å². The van der Waals surface area contributed by atoms with Crippen LogP contribution in [0, 0.1) is 0 Å². The van der Waals surface area contributed by atoms with Crippen molar-refractivity contribution in [3.63, 3.8) is 0 Å². The monoisotopic (exact) mass is 301 g/mol. The van der Waals surface area contributed by atoms with E-state index in [9.17, 15) is 0 Å². The minimum absolute atomic E-state index is 1.08. The summed E-state index contributed by atoms with van der Waals surface area (Å²) < 4.78 is 0. The van der Waals surface area contributed by atoms with E-state index in [1.54, 1.807) is 5.20 Å². The number of rotatable bonds is 2. The molecule has 0 saturated carbocycles. The first-order valence-electron chi connectivity index (χ1n) is 7.76. The number of hydrogen-bond acceptors (Lipinski definition) is 1. The summed E-state index contributed by atoms with van der Waals surface area (Å²) in [5.41, 5.74) is 6.10. The van der Waals surface area contributed by atoms with Crippen LogP contribution in [0.2, 0.25) is 19.6 Å². The largest absolute Gasteiger partial charge is 0.248 e. The molecule has 0 N–H and O–H groups in total. The smallest absolute Gasteiger partial charge is 0.0784 e. The summed E-state index contributed by atoms with van der Waals surface area (Å²) in [7, 11) is -1.39. The lowest BCUT2D eigenvalue weighted by atomic mass is 10.0. The van der Waals surface area contributed by atoms with Gasteiger partial charge in [0.25, 0.3) is 0 Å². The minimum Gasteiger partial charge on any atom is -0.248 e. The molecule has 1 aliphatic carbocycles. The molecule has 108 valence electrons. The first-order chi connectivity index (χ1) is 10.5. The lowest BCUT2D eigenvalue weighted by molar-refractivity contribution is 1.39. The molecule has 0 amide bonds. The normalized spacial score (nSPS) is 13.5. The van der Waals surface area contributed by atoms with E-state index in [-0.39, 0.29) is 0 Å². The standard InChI is InChI=1S/C20H19NSi/c1-22(2,3)19-12-15-10-7-11-17-20(15)16(19)13-18(21-17)14-8-5-4-6-9-14/h4-13H,1-3H3. The first-order valence-corrected chi connectivity index (χ1v) is 11.3. The van der Waals surface area contributed by atoms with Crippen molar-refractivity contribution in [2.45, 2.75) is 19.6 Å². The van der Waals surface area contributed by atoms with Crippen LogP contribution >= 0.6 is 0 Å². The Morgan fingerprint density at radius 3 is 2.36 bits per heavy atom. The van der Waals surface area contributed by atoms with E-state index in [2.05, 4.69) is 80.3 Å². The number of hydrogen-bond donors (Lipinski definition) is 0. The Bertz CT molecular complexity index is 902. The summed E-state index contributed by atoms with van der Waals surface area (Å²) in [5, 5.41) is 2.87. The van der Waals surface area contributed by atoms with Crippen molar-refractivity contribution in [3.05, 3.63) is 65.7 Å². The molecule has 3 aromatic rings. The Balaban J connectivity index is 2.03. The maximum atomic E-state index is 4.91. The molecule has 1 nitrogen and oxygen atoms in total. The van der Waals surface area contributed by atoms with Gasteiger partial charge in [-0.3, -0.25) is 0 Å². The zero-order valence-electron chi connectivity index (χ0n) is 13.2. The van der Waals surface area contributed by atoms with Crippen LogP contribution in [0.15, 0.2) is 54.6 Å². The van der Waals surface area contributed by atoms with E-state index < -0.39 is 8.07 Å². The summed E-state index contributed by atoms with van der Waals surface area (Å²) in [4.78, 5) is 4.91. The molecule has 2 aromatic carbocycles. The number of nitrogens with zero attached hydrogens (tertiary/aromatic N) is 1. The summed E-state index contributed by atoms with van der Waals surface area (Å²) in [6.45, 7) is 7.25. The molecule has 1 aliphatic rings. The molecule has 0 radical (unpaired) electrons. The molecule has 2 heteroatoms. The van der Waals surface area contributed by atoms with Crippen molar-refractivity contribution in [2.75, 3.05) is 0 Å². The Morgan fingerprint density at radius 1 is 0.864 bits per heavy atom. The third-order valence-electron chi connectivity index (χ3n) is 4.33. The van der Waals surface area contributed by atoms with Crippen molar-refractivity contribution in [2.24, 2.45) is 0 Å². The maximum absolute atomic E-state index is 4.91. The van der Waals surface area contributed by atoms with Crippen LogP contribution < -0.4 is 0 Å². The predicted octanol–water partition coefficient (Wildman–Crippen LogP) is 5.63. The van der Waals surface area contributed by atoms with E-state index in [0.29, 0.717) is 0 Å². The van der Waals surface area contributed by atoms with Gasteiger partial charge in [-0.25, -0.2) is 4.98 Å². The number of benzene rings is 2. The molecular formula is C20H19NSi. The SMILES string of the molecule is C[Si](C)(C)C1=Cc2cccc3nc(-c4ccccc4)cc1c23. The van der Waals surface area contributed by atoms with Gasteiger partial charge in [-0.1, -0.05) is 73.4 Å². The molecule has 4 rings (SSSR count). The van der Waals surface area contributed by atoms with Crippen LogP contribution in [0.1, 0.15) is 11.1 Å². The van der Waals surface area contributed by atoms with Crippen LogP contribution in [0.3, 0.4) is 0 Å². The fraction of sp³-hybridized carbons (Fsp3) is 0.150. The van der Waals surface area contributed by atoms with E-state index in [4.69, 9.17) is 4.98 Å².